The summed E-state index contributed by atoms with van der Waals surface area (Å²) in [5, 5.41) is 10.3. The summed E-state index contributed by atoms with van der Waals surface area (Å²) < 4.78 is 45.4. The fourth-order valence-corrected chi connectivity index (χ4v) is 4.56. The molecule has 2 heterocycles. The minimum Gasteiger partial charge on any atom is -0.508 e. The number of aliphatic hydroxyl groups excluding tert-OH is 1. The topological polar surface area (TPSA) is 104 Å². The number of hydrogen-bond donors (Lipinski definition) is 3. The molecule has 0 bridgehead atoms. The maximum atomic E-state index is 15.2. The van der Waals surface area contributed by atoms with Gasteiger partial charge in [0.1, 0.15) is 11.0 Å². The summed E-state index contributed by atoms with van der Waals surface area (Å²) in [6, 6.07) is -2.15. The number of aliphatic hydroxyl groups is 1. The van der Waals surface area contributed by atoms with Gasteiger partial charge in [-0.3, -0.25) is 19.2 Å². The van der Waals surface area contributed by atoms with Crippen LogP contribution in [0.15, 0.2) is 9.59 Å². The molecule has 1 aromatic rings. The SMILES string of the molecule is CC1=c2c(c(=O)[nH]c(=O)n2C2CC2)=C(O)C(F)C1N1CC(C(C)N)C(F)(F)C1. The molecule has 2 aliphatic carbocycles. The maximum absolute atomic E-state index is 15.2. The normalized spacial score (nSPS) is 31.1. The van der Waals surface area contributed by atoms with Gasteiger partial charge in [0.05, 0.1) is 23.9 Å². The molecule has 4 N–H and O–H groups in total. The van der Waals surface area contributed by atoms with Gasteiger partial charge in [-0.15, -0.1) is 0 Å². The molecule has 154 valence electrons. The molecule has 10 heteroatoms. The largest absolute Gasteiger partial charge is 0.508 e. The van der Waals surface area contributed by atoms with Crippen LogP contribution in [0.25, 0.3) is 11.3 Å². The number of alkyl halides is 3. The van der Waals surface area contributed by atoms with E-state index in [1.807, 2.05) is 0 Å². The van der Waals surface area contributed by atoms with E-state index < -0.39 is 53.6 Å². The standard InChI is InChI=1S/C18H23F3N4O3/c1-7-13-11(16(27)23-17(28)25(13)9-3-4-9)15(26)12(19)14(7)24-5-10(8(2)22)18(20,21)6-24/h8-10,12,14,26H,3-6,22H2,1-2H3,(H,23,27,28). The highest BCUT2D eigenvalue weighted by Gasteiger charge is 2.53. The van der Waals surface area contributed by atoms with E-state index >= 15 is 4.39 Å². The Balaban J connectivity index is 1.93. The first-order chi connectivity index (χ1) is 13.0. The van der Waals surface area contributed by atoms with Crippen molar-refractivity contribution in [1.82, 2.24) is 14.5 Å². The number of nitrogens with two attached hydrogens (primary N) is 1. The molecule has 28 heavy (non-hydrogen) atoms. The molecular formula is C18H23F3N4O3. The molecule has 4 unspecified atom stereocenters. The highest BCUT2D eigenvalue weighted by molar-refractivity contribution is 5.60. The van der Waals surface area contributed by atoms with Crippen LogP contribution in [0, 0.1) is 5.92 Å². The molecular weight excluding hydrogens is 377 g/mol. The Kier molecular flexibility index (Phi) is 4.27. The molecule has 4 rings (SSSR count). The summed E-state index contributed by atoms with van der Waals surface area (Å²) in [5.74, 6) is -5.08. The number of likely N-dealkylation sites (tertiary alicyclic amines) is 1. The lowest BCUT2D eigenvalue weighted by molar-refractivity contribution is -0.0345. The van der Waals surface area contributed by atoms with Crippen LogP contribution in [0.4, 0.5) is 13.2 Å². The van der Waals surface area contributed by atoms with Gasteiger partial charge in [-0.25, -0.2) is 18.0 Å². The lowest BCUT2D eigenvalue weighted by Gasteiger charge is -2.33. The second-order valence-electron chi connectivity index (χ2n) is 8.15. The Morgan fingerprint density at radius 3 is 2.50 bits per heavy atom. The van der Waals surface area contributed by atoms with Crippen molar-refractivity contribution in [1.29, 1.82) is 0 Å². The van der Waals surface area contributed by atoms with Gasteiger partial charge in [-0.1, -0.05) is 0 Å². The van der Waals surface area contributed by atoms with Crippen molar-refractivity contribution in [3.05, 3.63) is 31.4 Å². The molecule has 1 saturated carbocycles. The van der Waals surface area contributed by atoms with Gasteiger partial charge in [0.2, 0.25) is 0 Å². The molecule has 7 nitrogen and oxygen atoms in total. The first-order valence-electron chi connectivity index (χ1n) is 9.35. The molecule has 0 aromatic carbocycles. The Morgan fingerprint density at radius 2 is 1.96 bits per heavy atom. The third kappa shape index (κ3) is 2.73. The van der Waals surface area contributed by atoms with Crippen LogP contribution in [0.3, 0.4) is 0 Å². The molecule has 2 fully saturated rings. The monoisotopic (exact) mass is 400 g/mol. The van der Waals surface area contributed by atoms with Gasteiger partial charge < -0.3 is 10.8 Å². The zero-order valence-corrected chi connectivity index (χ0v) is 15.6. The quantitative estimate of drug-likeness (QED) is 0.625. The lowest BCUT2D eigenvalue weighted by atomic mass is 9.94. The number of aromatic amines is 1. The fourth-order valence-electron chi connectivity index (χ4n) is 4.56. The number of rotatable bonds is 3. The summed E-state index contributed by atoms with van der Waals surface area (Å²) in [4.78, 5) is 28.0. The molecule has 0 amide bonds. The van der Waals surface area contributed by atoms with Crippen LogP contribution in [-0.4, -0.2) is 56.8 Å². The van der Waals surface area contributed by atoms with Crippen LogP contribution in [0.5, 0.6) is 0 Å². The van der Waals surface area contributed by atoms with Gasteiger partial charge in [0.25, 0.3) is 11.5 Å². The van der Waals surface area contributed by atoms with Crippen LogP contribution in [0.1, 0.15) is 32.7 Å². The molecule has 4 atom stereocenters. The van der Waals surface area contributed by atoms with Crippen molar-refractivity contribution in [3.8, 4) is 0 Å². The third-order valence-electron chi connectivity index (χ3n) is 6.08. The van der Waals surface area contributed by atoms with Gasteiger partial charge in [-0.2, -0.15) is 0 Å². The van der Waals surface area contributed by atoms with Gasteiger partial charge in [0, 0.05) is 18.6 Å². The van der Waals surface area contributed by atoms with Crippen molar-refractivity contribution in [2.24, 2.45) is 11.7 Å². The van der Waals surface area contributed by atoms with Crippen molar-refractivity contribution in [2.45, 2.75) is 56.9 Å². The van der Waals surface area contributed by atoms with Crippen LogP contribution >= 0.6 is 0 Å². The van der Waals surface area contributed by atoms with E-state index in [4.69, 9.17) is 5.73 Å². The molecule has 1 saturated heterocycles. The molecule has 3 aliphatic rings. The first kappa shape index (κ1) is 19.3. The summed E-state index contributed by atoms with van der Waals surface area (Å²) >= 11 is 0. The number of nitrogens with one attached hydrogen (secondary N) is 1. The number of H-pyrrole nitrogens is 1. The predicted molar refractivity (Wildman–Crippen MR) is 96.3 cm³/mol. The van der Waals surface area contributed by atoms with Crippen LogP contribution in [0.2, 0.25) is 0 Å². The summed E-state index contributed by atoms with van der Waals surface area (Å²) in [7, 11) is 0. The smallest absolute Gasteiger partial charge is 0.329 e. The summed E-state index contributed by atoms with van der Waals surface area (Å²) in [6.07, 6.45) is -0.628. The van der Waals surface area contributed by atoms with E-state index in [1.54, 1.807) is 0 Å². The van der Waals surface area contributed by atoms with Gasteiger partial charge in [-0.05, 0) is 32.3 Å². The second kappa shape index (κ2) is 6.21. The van der Waals surface area contributed by atoms with E-state index in [1.165, 1.54) is 23.3 Å². The molecule has 0 radical (unpaired) electrons. The Hall–Kier alpha value is -2.07. The van der Waals surface area contributed by atoms with E-state index in [9.17, 15) is 23.5 Å². The van der Waals surface area contributed by atoms with Crippen molar-refractivity contribution in [3.63, 3.8) is 0 Å². The average Bonchev–Trinajstić information content (AvgIpc) is 3.35. The zero-order chi connectivity index (χ0) is 20.5. The Morgan fingerprint density at radius 1 is 1.32 bits per heavy atom. The minimum absolute atomic E-state index is 0.139. The number of fused-ring (bicyclic) bond motifs is 1. The average molecular weight is 400 g/mol. The van der Waals surface area contributed by atoms with Crippen molar-refractivity contribution in [2.75, 3.05) is 13.1 Å². The van der Waals surface area contributed by atoms with E-state index in [2.05, 4.69) is 4.98 Å². The van der Waals surface area contributed by atoms with Gasteiger partial charge >= 0.3 is 5.69 Å². The Labute approximate surface area is 158 Å². The summed E-state index contributed by atoms with van der Waals surface area (Å²) in [5.41, 5.74) is 4.46. The number of aromatic nitrogens is 2. The van der Waals surface area contributed by atoms with E-state index in [-0.39, 0.29) is 28.7 Å². The zero-order valence-electron chi connectivity index (χ0n) is 15.6. The van der Waals surface area contributed by atoms with Crippen molar-refractivity contribution >= 4 is 11.3 Å². The highest BCUT2D eigenvalue weighted by Crippen LogP contribution is 2.39. The number of halogens is 3. The lowest BCUT2D eigenvalue weighted by Crippen LogP contribution is -2.61. The van der Waals surface area contributed by atoms with E-state index in [0.29, 0.717) is 12.8 Å². The predicted octanol–water partition coefficient (Wildman–Crippen LogP) is -0.657. The van der Waals surface area contributed by atoms with Crippen molar-refractivity contribution < 1.29 is 18.3 Å². The first-order valence-corrected chi connectivity index (χ1v) is 9.35. The fraction of sp³-hybridized carbons (Fsp3) is 0.667. The third-order valence-corrected chi connectivity index (χ3v) is 6.08. The number of nitrogens with zero attached hydrogens (tertiary/aromatic N) is 2. The molecule has 0 spiro atoms. The van der Waals surface area contributed by atoms with Crippen LogP contribution < -0.4 is 27.6 Å². The Bertz CT molecular complexity index is 1060. The maximum Gasteiger partial charge on any atom is 0.329 e. The second-order valence-corrected chi connectivity index (χ2v) is 8.15. The minimum atomic E-state index is -3.10. The number of hydrogen-bond acceptors (Lipinski definition) is 5. The van der Waals surface area contributed by atoms with E-state index in [0.717, 1.165) is 0 Å². The molecule has 1 aliphatic heterocycles. The molecule has 1 aromatic heterocycles. The van der Waals surface area contributed by atoms with Crippen LogP contribution in [-0.2, 0) is 0 Å². The highest BCUT2D eigenvalue weighted by atomic mass is 19.3. The van der Waals surface area contributed by atoms with Gasteiger partial charge in [0.15, 0.2) is 6.17 Å². The summed E-state index contributed by atoms with van der Waals surface area (Å²) in [6.45, 7) is 2.15.